The van der Waals surface area contributed by atoms with Gasteiger partial charge in [0.25, 0.3) is 0 Å². The molecule has 0 unspecified atom stereocenters. The molecule has 2 aliphatic heterocycles. The Kier molecular flexibility index (Phi) is 9.81. The van der Waals surface area contributed by atoms with Crippen LogP contribution in [0.3, 0.4) is 0 Å². The van der Waals surface area contributed by atoms with Gasteiger partial charge in [0.05, 0.1) is 18.0 Å². The number of halogens is 1. The molecule has 3 heterocycles. The van der Waals surface area contributed by atoms with Crippen molar-refractivity contribution in [3.63, 3.8) is 0 Å². The van der Waals surface area contributed by atoms with E-state index < -0.39 is 30.1 Å². The highest BCUT2D eigenvalue weighted by Crippen LogP contribution is 2.32. The van der Waals surface area contributed by atoms with Crippen LogP contribution >= 0.6 is 0 Å². The number of ether oxygens (including phenoxy) is 2. The summed E-state index contributed by atoms with van der Waals surface area (Å²) in [5.74, 6) is -0.748. The fourth-order valence-electron chi connectivity index (χ4n) is 5.79. The van der Waals surface area contributed by atoms with Crippen molar-refractivity contribution in [2.24, 2.45) is 17.8 Å². The molecule has 10 nitrogen and oxygen atoms in total. The van der Waals surface area contributed by atoms with E-state index in [1.807, 2.05) is 52.1 Å². The van der Waals surface area contributed by atoms with E-state index in [9.17, 15) is 14.7 Å². The highest BCUT2D eigenvalue weighted by Gasteiger charge is 2.29. The largest absolute Gasteiger partial charge is 0.457 e. The number of carbonyl (C=O) groups excluding carboxylic acids is 2. The van der Waals surface area contributed by atoms with Gasteiger partial charge in [-0.05, 0) is 80.8 Å². The molecule has 5 atom stereocenters. The van der Waals surface area contributed by atoms with Crippen molar-refractivity contribution >= 4 is 29.2 Å². The molecule has 1 N–H and O–H groups in total. The van der Waals surface area contributed by atoms with Gasteiger partial charge >= 0.3 is 12.1 Å². The van der Waals surface area contributed by atoms with Crippen LogP contribution in [-0.4, -0.2) is 93.5 Å². The standard InChI is InChI=1S/C32H44FN5O5/c1-20-5-9-25(39)18-29(40)43-31(21(2)6-10-28(20)42-32(41)37-13-11-36(4)12-14-37)22(3)15-24-16-26(33)30-27(17-24)38(35-34-30)19-23-7-8-23/h6,10,15-17,20-21,23,25,28,31,39H,5,7-9,11-14,18-19H2,1-4H3/b10-6-,22-15+/t20-,21-,25+,28-,31-/m0/s1. The normalized spacial score (nSPS) is 29.1. The Hall–Kier alpha value is -3.31. The summed E-state index contributed by atoms with van der Waals surface area (Å²) in [4.78, 5) is 29.8. The molecule has 2 fully saturated rings. The van der Waals surface area contributed by atoms with Crippen molar-refractivity contribution < 1.29 is 28.6 Å². The zero-order valence-corrected chi connectivity index (χ0v) is 25.6. The number of aliphatic hydroxyl groups excluding tert-OH is 1. The molecule has 43 heavy (non-hydrogen) atoms. The van der Waals surface area contributed by atoms with E-state index in [4.69, 9.17) is 9.47 Å². The Morgan fingerprint density at radius 2 is 1.88 bits per heavy atom. The molecule has 0 radical (unpaired) electrons. The third-order valence-corrected chi connectivity index (χ3v) is 8.82. The van der Waals surface area contributed by atoms with E-state index in [0.717, 1.165) is 31.5 Å². The Morgan fingerprint density at radius 1 is 1.14 bits per heavy atom. The number of carbonyl (C=O) groups is 2. The lowest BCUT2D eigenvalue weighted by Gasteiger charge is -2.33. The molecule has 1 aromatic heterocycles. The summed E-state index contributed by atoms with van der Waals surface area (Å²) in [6.07, 6.45) is 6.33. The van der Waals surface area contributed by atoms with Gasteiger partial charge in [-0.3, -0.25) is 4.79 Å². The molecule has 1 aromatic carbocycles. The number of cyclic esters (lactones) is 1. The molecule has 2 aromatic rings. The number of hydrogen-bond donors (Lipinski definition) is 1. The molecule has 1 aliphatic carbocycles. The molecule has 1 saturated carbocycles. The number of benzene rings is 1. The molecule has 3 aliphatic rings. The Morgan fingerprint density at radius 3 is 2.60 bits per heavy atom. The van der Waals surface area contributed by atoms with Gasteiger partial charge in [-0.15, -0.1) is 5.10 Å². The first kappa shape index (κ1) is 31.1. The van der Waals surface area contributed by atoms with Crippen molar-refractivity contribution in [3.8, 4) is 0 Å². The van der Waals surface area contributed by atoms with E-state index in [2.05, 4.69) is 15.2 Å². The maximum atomic E-state index is 15.0. The smallest absolute Gasteiger partial charge is 0.410 e. The molecular formula is C32H44FN5O5. The molecule has 1 saturated heterocycles. The molecule has 234 valence electrons. The maximum absolute atomic E-state index is 15.0. The van der Waals surface area contributed by atoms with Crippen molar-refractivity contribution in [2.75, 3.05) is 33.2 Å². The summed E-state index contributed by atoms with van der Waals surface area (Å²) in [5.41, 5.74) is 2.21. The van der Waals surface area contributed by atoms with Crippen LogP contribution in [0.5, 0.6) is 0 Å². The number of fused-ring (bicyclic) bond motifs is 1. The van der Waals surface area contributed by atoms with E-state index in [1.165, 1.54) is 6.07 Å². The quantitative estimate of drug-likeness (QED) is 0.399. The number of aliphatic hydroxyl groups is 1. The van der Waals surface area contributed by atoms with Crippen LogP contribution in [0, 0.1) is 23.6 Å². The Labute approximate surface area is 252 Å². The first-order valence-electron chi connectivity index (χ1n) is 15.5. The van der Waals surface area contributed by atoms with E-state index in [1.54, 1.807) is 9.58 Å². The number of amides is 1. The van der Waals surface area contributed by atoms with E-state index in [-0.39, 0.29) is 29.9 Å². The lowest BCUT2D eigenvalue weighted by atomic mass is 9.91. The highest BCUT2D eigenvalue weighted by atomic mass is 19.1. The van der Waals surface area contributed by atoms with Gasteiger partial charge in [-0.2, -0.15) is 0 Å². The summed E-state index contributed by atoms with van der Waals surface area (Å²) in [6, 6.07) is 3.28. The van der Waals surface area contributed by atoms with Crippen LogP contribution in [0.4, 0.5) is 9.18 Å². The number of esters is 1. The topological polar surface area (TPSA) is 110 Å². The highest BCUT2D eigenvalue weighted by molar-refractivity contribution is 5.79. The fourth-order valence-corrected chi connectivity index (χ4v) is 5.79. The number of nitrogens with zero attached hydrogens (tertiary/aromatic N) is 5. The van der Waals surface area contributed by atoms with Crippen LogP contribution in [0.1, 0.15) is 58.4 Å². The first-order valence-corrected chi connectivity index (χ1v) is 15.5. The van der Waals surface area contributed by atoms with Gasteiger partial charge in [0.1, 0.15) is 17.7 Å². The van der Waals surface area contributed by atoms with E-state index in [0.29, 0.717) is 49.5 Å². The molecule has 1 amide bonds. The lowest BCUT2D eigenvalue weighted by molar-refractivity contribution is -0.151. The van der Waals surface area contributed by atoms with Gasteiger partial charge in [-0.25, -0.2) is 13.9 Å². The second kappa shape index (κ2) is 13.5. The van der Waals surface area contributed by atoms with Crippen LogP contribution in [0.2, 0.25) is 0 Å². The van der Waals surface area contributed by atoms with Gasteiger partial charge in [0.15, 0.2) is 5.82 Å². The van der Waals surface area contributed by atoms with Crippen molar-refractivity contribution in [3.05, 3.63) is 41.2 Å². The number of hydrogen-bond acceptors (Lipinski definition) is 8. The first-order chi connectivity index (χ1) is 20.6. The third kappa shape index (κ3) is 8.00. The predicted molar refractivity (Wildman–Crippen MR) is 160 cm³/mol. The van der Waals surface area contributed by atoms with Gasteiger partial charge in [0.2, 0.25) is 0 Å². The van der Waals surface area contributed by atoms with Crippen LogP contribution in [0.25, 0.3) is 17.1 Å². The summed E-state index contributed by atoms with van der Waals surface area (Å²) >= 11 is 0. The van der Waals surface area contributed by atoms with Gasteiger partial charge in [-0.1, -0.05) is 31.2 Å². The van der Waals surface area contributed by atoms with Crippen LogP contribution in [-0.2, 0) is 20.8 Å². The number of likely N-dealkylation sites (N-methyl/N-ethyl adjacent to an activating group) is 1. The second-order valence-electron chi connectivity index (χ2n) is 12.7. The van der Waals surface area contributed by atoms with Crippen LogP contribution in [0.15, 0.2) is 29.9 Å². The molecule has 11 heteroatoms. The maximum Gasteiger partial charge on any atom is 0.410 e. The van der Waals surface area contributed by atoms with Gasteiger partial charge in [0, 0.05) is 38.6 Å². The zero-order valence-electron chi connectivity index (χ0n) is 25.6. The number of piperazine rings is 1. The van der Waals surface area contributed by atoms with Crippen molar-refractivity contribution in [2.45, 2.75) is 77.7 Å². The molecule has 5 rings (SSSR count). The minimum absolute atomic E-state index is 0.0659. The third-order valence-electron chi connectivity index (χ3n) is 8.82. The summed E-state index contributed by atoms with van der Waals surface area (Å²) in [6.45, 7) is 9.29. The average molecular weight is 598 g/mol. The molecular weight excluding hydrogens is 553 g/mol. The summed E-state index contributed by atoms with van der Waals surface area (Å²) < 4.78 is 28.7. The molecule has 0 spiro atoms. The van der Waals surface area contributed by atoms with Crippen molar-refractivity contribution in [1.82, 2.24) is 24.8 Å². The minimum Gasteiger partial charge on any atom is -0.457 e. The zero-order chi connectivity index (χ0) is 30.7. The van der Waals surface area contributed by atoms with E-state index >= 15 is 4.39 Å². The lowest BCUT2D eigenvalue weighted by Crippen LogP contribution is -2.48. The second-order valence-corrected chi connectivity index (χ2v) is 12.7. The monoisotopic (exact) mass is 597 g/mol. The Balaban J connectivity index is 1.38. The van der Waals surface area contributed by atoms with Gasteiger partial charge < -0.3 is 24.4 Å². The fraction of sp³-hybridized carbons (Fsp3) is 0.625. The summed E-state index contributed by atoms with van der Waals surface area (Å²) in [5, 5.41) is 18.8. The van der Waals surface area contributed by atoms with Crippen molar-refractivity contribution in [1.29, 1.82) is 0 Å². The Bertz CT molecular complexity index is 1360. The number of rotatable bonds is 5. The predicted octanol–water partition coefficient (Wildman–Crippen LogP) is 4.42. The minimum atomic E-state index is -0.872. The molecule has 0 bridgehead atoms. The SMILES string of the molecule is C/C(=C\c1cc(F)c2nnn(CC3CC3)c2c1)[C@H]1OC(=O)C[C@H](O)CC[C@H](C)[C@@H](OC(=O)N2CCN(C)CC2)/C=C\[C@@H]1C. The van der Waals surface area contributed by atoms with Crippen LogP contribution < -0.4 is 0 Å². The average Bonchev–Trinajstić information content (AvgIpc) is 3.70. The summed E-state index contributed by atoms with van der Waals surface area (Å²) in [7, 11) is 2.03. The number of aromatic nitrogens is 3.